The van der Waals surface area contributed by atoms with E-state index in [1.807, 2.05) is 13.8 Å². The summed E-state index contributed by atoms with van der Waals surface area (Å²) in [5, 5.41) is 0. The Morgan fingerprint density at radius 3 is 1.70 bits per heavy atom. The van der Waals surface area contributed by atoms with Crippen molar-refractivity contribution in [3.63, 3.8) is 0 Å². The topological polar surface area (TPSA) is 0 Å². The average Bonchev–Trinajstić information content (AvgIpc) is 2.43. The van der Waals surface area contributed by atoms with E-state index in [1.165, 1.54) is 32.1 Å². The van der Waals surface area contributed by atoms with Crippen LogP contribution in [0.4, 0.5) is 0 Å². The van der Waals surface area contributed by atoms with Gasteiger partial charge in [-0.2, -0.15) is 0 Å². The molecule has 0 spiro atoms. The molecule has 0 amide bonds. The van der Waals surface area contributed by atoms with Gasteiger partial charge in [0.1, 0.15) is 0 Å². The standard InChI is InChI=1S/C7H14.C2H6.V/c1-2-7-5-3-4-6-7;1-2;/h7H,2-6H2,1H3;1-2H3;. The minimum atomic E-state index is 0. The van der Waals surface area contributed by atoms with Gasteiger partial charge in [0, 0.05) is 18.6 Å². The average molecular weight is 179 g/mol. The van der Waals surface area contributed by atoms with E-state index >= 15 is 0 Å². The number of rotatable bonds is 1. The summed E-state index contributed by atoms with van der Waals surface area (Å²) in [6, 6.07) is 0. The van der Waals surface area contributed by atoms with Gasteiger partial charge in [0.15, 0.2) is 0 Å². The van der Waals surface area contributed by atoms with E-state index in [-0.39, 0.29) is 18.6 Å². The summed E-state index contributed by atoms with van der Waals surface area (Å²) in [5.74, 6) is 1.10. The maximum atomic E-state index is 2.30. The van der Waals surface area contributed by atoms with Gasteiger partial charge >= 0.3 is 0 Å². The molecule has 10 heavy (non-hydrogen) atoms. The SMILES string of the molecule is CC.CCC1CCCC1.[V]. The monoisotopic (exact) mass is 179 g/mol. The first-order valence-corrected chi connectivity index (χ1v) is 4.43. The van der Waals surface area contributed by atoms with Crippen LogP contribution in [0.2, 0.25) is 0 Å². The molecule has 61 valence electrons. The molecular formula is C9H20V. The van der Waals surface area contributed by atoms with E-state index in [1.54, 1.807) is 0 Å². The Hall–Kier alpha value is 0.584. The molecule has 1 rings (SSSR count). The van der Waals surface area contributed by atoms with E-state index < -0.39 is 0 Å². The fraction of sp³-hybridized carbons (Fsp3) is 1.00. The molecular weight excluding hydrogens is 159 g/mol. The van der Waals surface area contributed by atoms with Crippen LogP contribution < -0.4 is 0 Å². The Balaban J connectivity index is 0. The predicted molar refractivity (Wildman–Crippen MR) is 43.6 cm³/mol. The van der Waals surface area contributed by atoms with Gasteiger partial charge in [-0.15, -0.1) is 0 Å². The molecule has 0 nitrogen and oxygen atoms in total. The van der Waals surface area contributed by atoms with Gasteiger partial charge in [-0.3, -0.25) is 0 Å². The third kappa shape index (κ3) is 5.38. The largest absolute Gasteiger partial charge is 0.0683 e. The maximum Gasteiger partial charge on any atom is 0 e. The van der Waals surface area contributed by atoms with Gasteiger partial charge in [-0.1, -0.05) is 52.9 Å². The molecule has 1 aliphatic carbocycles. The van der Waals surface area contributed by atoms with Crippen molar-refractivity contribution in [3.05, 3.63) is 0 Å². The normalized spacial score (nSPS) is 17.1. The van der Waals surface area contributed by atoms with Crippen LogP contribution in [-0.2, 0) is 18.6 Å². The zero-order valence-corrected chi connectivity index (χ0v) is 8.96. The van der Waals surface area contributed by atoms with Crippen molar-refractivity contribution in [2.24, 2.45) is 5.92 Å². The first kappa shape index (κ1) is 13.2. The van der Waals surface area contributed by atoms with E-state index in [0.29, 0.717) is 0 Å². The van der Waals surface area contributed by atoms with Crippen LogP contribution in [0, 0.1) is 5.92 Å². The molecule has 1 radical (unpaired) electrons. The fourth-order valence-electron chi connectivity index (χ4n) is 1.42. The number of hydrogen-bond acceptors (Lipinski definition) is 0. The van der Waals surface area contributed by atoms with Gasteiger partial charge in [0.05, 0.1) is 0 Å². The van der Waals surface area contributed by atoms with E-state index in [2.05, 4.69) is 6.92 Å². The van der Waals surface area contributed by atoms with E-state index in [4.69, 9.17) is 0 Å². The zero-order chi connectivity index (χ0) is 7.11. The summed E-state index contributed by atoms with van der Waals surface area (Å²) < 4.78 is 0. The van der Waals surface area contributed by atoms with Gasteiger partial charge in [0.2, 0.25) is 0 Å². The molecule has 0 aromatic heterocycles. The summed E-state index contributed by atoms with van der Waals surface area (Å²) in [6.07, 6.45) is 7.43. The number of hydrogen-bond donors (Lipinski definition) is 0. The van der Waals surface area contributed by atoms with Crippen molar-refractivity contribution in [1.29, 1.82) is 0 Å². The Bertz CT molecular complexity index is 46.7. The molecule has 0 saturated heterocycles. The molecule has 0 N–H and O–H groups in total. The molecule has 1 saturated carbocycles. The minimum absolute atomic E-state index is 0. The molecule has 0 aromatic rings. The quantitative estimate of drug-likeness (QED) is 0.576. The summed E-state index contributed by atoms with van der Waals surface area (Å²) in [5.41, 5.74) is 0. The van der Waals surface area contributed by atoms with Crippen LogP contribution in [0.25, 0.3) is 0 Å². The molecule has 0 heterocycles. The third-order valence-electron chi connectivity index (χ3n) is 2.05. The Morgan fingerprint density at radius 2 is 1.50 bits per heavy atom. The van der Waals surface area contributed by atoms with Crippen molar-refractivity contribution in [3.8, 4) is 0 Å². The van der Waals surface area contributed by atoms with E-state index in [0.717, 1.165) is 5.92 Å². The summed E-state index contributed by atoms with van der Waals surface area (Å²) in [7, 11) is 0. The molecule has 0 aliphatic heterocycles. The Morgan fingerprint density at radius 1 is 1.10 bits per heavy atom. The summed E-state index contributed by atoms with van der Waals surface area (Å²) in [6.45, 7) is 6.30. The van der Waals surface area contributed by atoms with E-state index in [9.17, 15) is 0 Å². The molecule has 0 aromatic carbocycles. The van der Waals surface area contributed by atoms with Crippen LogP contribution in [0.15, 0.2) is 0 Å². The zero-order valence-electron chi connectivity index (χ0n) is 7.56. The second-order valence-electron chi connectivity index (χ2n) is 2.56. The van der Waals surface area contributed by atoms with Crippen LogP contribution in [-0.4, -0.2) is 0 Å². The molecule has 0 unspecified atom stereocenters. The molecule has 0 bridgehead atoms. The van der Waals surface area contributed by atoms with Crippen molar-refractivity contribution in [2.45, 2.75) is 52.9 Å². The van der Waals surface area contributed by atoms with Crippen LogP contribution in [0.3, 0.4) is 0 Å². The summed E-state index contributed by atoms with van der Waals surface area (Å²) >= 11 is 0. The smallest absolute Gasteiger partial charge is 0 e. The fourth-order valence-corrected chi connectivity index (χ4v) is 1.42. The predicted octanol–water partition coefficient (Wildman–Crippen LogP) is 3.61. The van der Waals surface area contributed by atoms with Crippen LogP contribution in [0.1, 0.15) is 52.9 Å². The summed E-state index contributed by atoms with van der Waals surface area (Å²) in [4.78, 5) is 0. The van der Waals surface area contributed by atoms with Crippen molar-refractivity contribution < 1.29 is 18.6 Å². The third-order valence-corrected chi connectivity index (χ3v) is 2.05. The second kappa shape index (κ2) is 9.58. The maximum absolute atomic E-state index is 2.30. The van der Waals surface area contributed by atoms with Crippen molar-refractivity contribution in [2.75, 3.05) is 0 Å². The van der Waals surface area contributed by atoms with Gasteiger partial charge in [-0.25, -0.2) is 0 Å². The Kier molecular flexibility index (Phi) is 12.6. The van der Waals surface area contributed by atoms with Gasteiger partial charge < -0.3 is 0 Å². The Labute approximate surface area is 77.7 Å². The van der Waals surface area contributed by atoms with Crippen molar-refractivity contribution in [1.82, 2.24) is 0 Å². The molecule has 1 fully saturated rings. The molecule has 0 atom stereocenters. The molecule has 1 aliphatic rings. The van der Waals surface area contributed by atoms with Gasteiger partial charge in [-0.05, 0) is 5.92 Å². The first-order chi connectivity index (χ1) is 4.43. The van der Waals surface area contributed by atoms with Crippen LogP contribution in [0.5, 0.6) is 0 Å². The van der Waals surface area contributed by atoms with Gasteiger partial charge in [0.25, 0.3) is 0 Å². The van der Waals surface area contributed by atoms with Crippen molar-refractivity contribution >= 4 is 0 Å². The minimum Gasteiger partial charge on any atom is -0.0683 e. The first-order valence-electron chi connectivity index (χ1n) is 4.43. The van der Waals surface area contributed by atoms with Crippen LogP contribution >= 0.6 is 0 Å². The molecule has 1 heteroatoms. The second-order valence-corrected chi connectivity index (χ2v) is 2.56.